The van der Waals surface area contributed by atoms with E-state index in [1.807, 2.05) is 45.0 Å². The van der Waals surface area contributed by atoms with Crippen LogP contribution < -0.4 is 4.90 Å². The number of aliphatic hydroxyl groups excluding tert-OH is 1. The van der Waals surface area contributed by atoms with Gasteiger partial charge in [0, 0.05) is 10.0 Å². The van der Waals surface area contributed by atoms with E-state index in [0.29, 0.717) is 11.1 Å². The summed E-state index contributed by atoms with van der Waals surface area (Å²) in [5.41, 5.74) is 3.97. The highest BCUT2D eigenvalue weighted by Gasteiger charge is 2.47. The van der Waals surface area contributed by atoms with Crippen molar-refractivity contribution in [2.24, 2.45) is 0 Å². The molecule has 0 spiro atoms. The second kappa shape index (κ2) is 8.28. The average molecular weight is 492 g/mol. The van der Waals surface area contributed by atoms with Gasteiger partial charge in [0.05, 0.1) is 17.3 Å². The minimum Gasteiger partial charge on any atom is -0.507 e. The molecular formula is C26H22BrNO4. The molecule has 1 amide bonds. The Morgan fingerprint density at radius 3 is 2.34 bits per heavy atom. The van der Waals surface area contributed by atoms with E-state index in [-0.39, 0.29) is 22.8 Å². The van der Waals surface area contributed by atoms with Crippen LogP contribution in [0.4, 0.5) is 5.69 Å². The largest absolute Gasteiger partial charge is 0.507 e. The summed E-state index contributed by atoms with van der Waals surface area (Å²) in [5, 5.41) is 21.8. The Bertz CT molecular complexity index is 1290. The van der Waals surface area contributed by atoms with E-state index in [1.54, 1.807) is 30.3 Å². The molecule has 0 saturated carbocycles. The van der Waals surface area contributed by atoms with Crippen LogP contribution in [0.5, 0.6) is 5.75 Å². The van der Waals surface area contributed by atoms with E-state index in [2.05, 4.69) is 15.9 Å². The number of carbonyl (C=O) groups is 2. The quantitative estimate of drug-likeness (QED) is 0.279. The van der Waals surface area contributed by atoms with Crippen LogP contribution in [0.2, 0.25) is 0 Å². The number of phenolic OH excluding ortho intramolecular Hbond substituents is 1. The minimum atomic E-state index is -0.883. The van der Waals surface area contributed by atoms with Crippen molar-refractivity contribution < 1.29 is 19.8 Å². The normalized spacial score (nSPS) is 17.8. The second-order valence-corrected chi connectivity index (χ2v) is 8.89. The lowest BCUT2D eigenvalue weighted by Gasteiger charge is -2.26. The number of Topliss-reactive ketones (excluding diaryl/α,β-unsaturated/α-hetero) is 1. The van der Waals surface area contributed by atoms with Gasteiger partial charge in [-0.2, -0.15) is 0 Å². The molecule has 3 aromatic carbocycles. The molecule has 3 aromatic rings. The van der Waals surface area contributed by atoms with Gasteiger partial charge in [0.2, 0.25) is 0 Å². The lowest BCUT2D eigenvalue weighted by Crippen LogP contribution is -2.29. The van der Waals surface area contributed by atoms with Gasteiger partial charge in [0.25, 0.3) is 11.7 Å². The Morgan fingerprint density at radius 1 is 0.938 bits per heavy atom. The Morgan fingerprint density at radius 2 is 1.66 bits per heavy atom. The fourth-order valence-corrected chi connectivity index (χ4v) is 4.26. The molecule has 1 fully saturated rings. The molecule has 32 heavy (non-hydrogen) atoms. The third-order valence-electron chi connectivity index (χ3n) is 5.62. The number of aromatic hydroxyl groups is 1. The molecule has 1 atom stereocenters. The first-order chi connectivity index (χ1) is 15.2. The summed E-state index contributed by atoms with van der Waals surface area (Å²) in [4.78, 5) is 27.7. The molecule has 2 N–H and O–H groups in total. The van der Waals surface area contributed by atoms with Crippen LogP contribution in [-0.2, 0) is 9.59 Å². The Balaban J connectivity index is 2.00. The Hall–Kier alpha value is -3.38. The highest BCUT2D eigenvalue weighted by molar-refractivity contribution is 9.10. The maximum absolute atomic E-state index is 13.2. The Kier molecular flexibility index (Phi) is 5.65. The fraction of sp³-hybridized carbons (Fsp3) is 0.154. The number of halogens is 1. The molecule has 1 heterocycles. The summed E-state index contributed by atoms with van der Waals surface area (Å²) < 4.78 is 0.870. The second-order valence-electron chi connectivity index (χ2n) is 8.04. The summed E-state index contributed by atoms with van der Waals surface area (Å²) in [6.07, 6.45) is 0. The molecule has 0 radical (unpaired) electrons. The number of benzene rings is 3. The van der Waals surface area contributed by atoms with Crippen molar-refractivity contribution in [2.45, 2.75) is 26.8 Å². The topological polar surface area (TPSA) is 77.8 Å². The van der Waals surface area contributed by atoms with E-state index in [1.165, 1.54) is 11.0 Å². The summed E-state index contributed by atoms with van der Waals surface area (Å²) in [6, 6.07) is 16.7. The molecule has 1 aliphatic heterocycles. The Labute approximate surface area is 194 Å². The summed E-state index contributed by atoms with van der Waals surface area (Å²) in [5.74, 6) is -1.96. The number of aryl methyl sites for hydroxylation is 3. The van der Waals surface area contributed by atoms with Gasteiger partial charge in [-0.15, -0.1) is 0 Å². The molecule has 0 aliphatic carbocycles. The number of aliphatic hydroxyl groups is 1. The number of nitrogens with zero attached hydrogens (tertiary/aromatic N) is 1. The first kappa shape index (κ1) is 21.8. The number of hydrogen-bond donors (Lipinski definition) is 2. The van der Waals surface area contributed by atoms with Gasteiger partial charge in [-0.3, -0.25) is 14.5 Å². The maximum atomic E-state index is 13.2. The maximum Gasteiger partial charge on any atom is 0.300 e. The van der Waals surface area contributed by atoms with Crippen LogP contribution in [0.25, 0.3) is 5.76 Å². The number of anilines is 1. The average Bonchev–Trinajstić information content (AvgIpc) is 3.02. The molecule has 6 heteroatoms. The zero-order chi connectivity index (χ0) is 23.2. The van der Waals surface area contributed by atoms with E-state index in [9.17, 15) is 19.8 Å². The number of amides is 1. The third-order valence-corrected chi connectivity index (χ3v) is 6.51. The van der Waals surface area contributed by atoms with E-state index < -0.39 is 17.7 Å². The van der Waals surface area contributed by atoms with Gasteiger partial charge in [-0.1, -0.05) is 57.9 Å². The smallest absolute Gasteiger partial charge is 0.300 e. The first-order valence-electron chi connectivity index (χ1n) is 10.1. The fourth-order valence-electron chi connectivity index (χ4n) is 4.01. The van der Waals surface area contributed by atoms with Crippen molar-refractivity contribution in [3.8, 4) is 5.75 Å². The molecule has 1 unspecified atom stereocenters. The van der Waals surface area contributed by atoms with Crippen LogP contribution in [0.15, 0.2) is 70.7 Å². The molecule has 0 bridgehead atoms. The van der Waals surface area contributed by atoms with Crippen molar-refractivity contribution >= 4 is 39.1 Å². The monoisotopic (exact) mass is 491 g/mol. The van der Waals surface area contributed by atoms with Gasteiger partial charge >= 0.3 is 0 Å². The summed E-state index contributed by atoms with van der Waals surface area (Å²) in [6.45, 7) is 5.63. The van der Waals surface area contributed by atoms with Crippen molar-refractivity contribution in [1.29, 1.82) is 0 Å². The van der Waals surface area contributed by atoms with Crippen molar-refractivity contribution in [1.82, 2.24) is 0 Å². The summed E-state index contributed by atoms with van der Waals surface area (Å²) in [7, 11) is 0. The molecule has 4 rings (SSSR count). The number of ketones is 1. The standard InChI is InChI=1S/C26H22BrNO4/c1-14-5-4-6-17(11-14)23-22(24(30)18-8-9-19(27)16(3)13-18)25(31)26(32)28(23)20-12-15(2)7-10-21(20)29/h4-13,23,29-30H,1-3H3/b24-22-. The number of carbonyl (C=O) groups excluding carboxylic acids is 2. The number of phenols is 1. The van der Waals surface area contributed by atoms with Crippen LogP contribution in [0.1, 0.15) is 33.9 Å². The third kappa shape index (κ3) is 3.71. The van der Waals surface area contributed by atoms with Gasteiger partial charge in [0.1, 0.15) is 11.5 Å². The van der Waals surface area contributed by atoms with E-state index in [4.69, 9.17) is 0 Å². The van der Waals surface area contributed by atoms with Gasteiger partial charge < -0.3 is 10.2 Å². The lowest BCUT2D eigenvalue weighted by molar-refractivity contribution is -0.132. The van der Waals surface area contributed by atoms with Crippen LogP contribution in [0, 0.1) is 20.8 Å². The minimum absolute atomic E-state index is 0.0109. The van der Waals surface area contributed by atoms with E-state index >= 15 is 0 Å². The first-order valence-corrected chi connectivity index (χ1v) is 10.9. The van der Waals surface area contributed by atoms with Crippen molar-refractivity contribution in [3.05, 3.63) is 98.5 Å². The predicted molar refractivity (Wildman–Crippen MR) is 128 cm³/mol. The zero-order valence-corrected chi connectivity index (χ0v) is 19.5. The molecule has 0 aromatic heterocycles. The predicted octanol–water partition coefficient (Wildman–Crippen LogP) is 5.71. The highest BCUT2D eigenvalue weighted by Crippen LogP contribution is 2.45. The van der Waals surface area contributed by atoms with Gasteiger partial charge in [-0.05, 0) is 61.7 Å². The summed E-state index contributed by atoms with van der Waals surface area (Å²) >= 11 is 3.44. The molecule has 1 saturated heterocycles. The zero-order valence-electron chi connectivity index (χ0n) is 17.9. The van der Waals surface area contributed by atoms with Gasteiger partial charge in [0.15, 0.2) is 0 Å². The van der Waals surface area contributed by atoms with Crippen LogP contribution >= 0.6 is 15.9 Å². The SMILES string of the molecule is Cc1cccc(C2/C(=C(/O)c3ccc(Br)c(C)c3)C(=O)C(=O)N2c2cc(C)ccc2O)c1. The molecular weight excluding hydrogens is 470 g/mol. The van der Waals surface area contributed by atoms with E-state index in [0.717, 1.165) is 21.2 Å². The van der Waals surface area contributed by atoms with Crippen molar-refractivity contribution in [2.75, 3.05) is 4.90 Å². The molecule has 1 aliphatic rings. The number of hydrogen-bond acceptors (Lipinski definition) is 4. The molecule has 162 valence electrons. The molecule has 5 nitrogen and oxygen atoms in total. The van der Waals surface area contributed by atoms with Crippen LogP contribution in [-0.4, -0.2) is 21.9 Å². The van der Waals surface area contributed by atoms with Crippen LogP contribution in [0.3, 0.4) is 0 Å². The lowest BCUT2D eigenvalue weighted by atomic mass is 9.94. The number of rotatable bonds is 3. The van der Waals surface area contributed by atoms with Crippen molar-refractivity contribution in [3.63, 3.8) is 0 Å². The highest BCUT2D eigenvalue weighted by atomic mass is 79.9. The van der Waals surface area contributed by atoms with Gasteiger partial charge in [-0.25, -0.2) is 0 Å².